The fraction of sp³-hybridized carbons (Fsp3) is 0.200. The molecule has 1 heterocycles. The summed E-state index contributed by atoms with van der Waals surface area (Å²) >= 11 is 0. The average Bonchev–Trinajstić information content (AvgIpc) is 3.02. The van der Waals surface area contributed by atoms with Gasteiger partial charge in [-0.05, 0) is 36.8 Å². The lowest BCUT2D eigenvalue weighted by atomic mass is 10.2. The van der Waals surface area contributed by atoms with E-state index in [1.807, 2.05) is 30.3 Å². The molecular weight excluding hydrogens is 333 g/mol. The SMILES string of the molecule is Cc1oc(-c2ccccc2)nc1C(=O)NCc1ccc(N(C)C)c(F)c1. The predicted molar refractivity (Wildman–Crippen MR) is 98.6 cm³/mol. The first-order chi connectivity index (χ1) is 12.5. The molecule has 1 amide bonds. The van der Waals surface area contributed by atoms with Crippen LogP contribution in [0.3, 0.4) is 0 Å². The van der Waals surface area contributed by atoms with Crippen LogP contribution in [0.4, 0.5) is 10.1 Å². The highest BCUT2D eigenvalue weighted by atomic mass is 19.1. The number of halogens is 1. The lowest BCUT2D eigenvalue weighted by molar-refractivity contribution is 0.0945. The molecule has 0 aliphatic rings. The minimum Gasteiger partial charge on any atom is -0.441 e. The maximum Gasteiger partial charge on any atom is 0.273 e. The molecule has 134 valence electrons. The topological polar surface area (TPSA) is 58.4 Å². The maximum absolute atomic E-state index is 14.0. The molecule has 0 aliphatic heterocycles. The second kappa shape index (κ2) is 7.39. The van der Waals surface area contributed by atoms with Gasteiger partial charge in [-0.2, -0.15) is 0 Å². The van der Waals surface area contributed by atoms with Crippen molar-refractivity contribution in [3.05, 3.63) is 71.4 Å². The highest BCUT2D eigenvalue weighted by Crippen LogP contribution is 2.22. The van der Waals surface area contributed by atoms with E-state index in [-0.39, 0.29) is 24.0 Å². The first-order valence-electron chi connectivity index (χ1n) is 8.22. The number of oxazole rings is 1. The van der Waals surface area contributed by atoms with Crippen LogP contribution < -0.4 is 10.2 Å². The third kappa shape index (κ3) is 3.74. The summed E-state index contributed by atoms with van der Waals surface area (Å²) in [5, 5.41) is 2.76. The van der Waals surface area contributed by atoms with Crippen molar-refractivity contribution in [2.24, 2.45) is 0 Å². The van der Waals surface area contributed by atoms with Crippen molar-refractivity contribution in [3.8, 4) is 11.5 Å². The van der Waals surface area contributed by atoms with E-state index >= 15 is 0 Å². The van der Waals surface area contributed by atoms with Crippen molar-refractivity contribution in [2.45, 2.75) is 13.5 Å². The Balaban J connectivity index is 1.71. The van der Waals surface area contributed by atoms with Crippen molar-refractivity contribution in [2.75, 3.05) is 19.0 Å². The Hall–Kier alpha value is -3.15. The van der Waals surface area contributed by atoms with Gasteiger partial charge in [-0.3, -0.25) is 4.79 Å². The summed E-state index contributed by atoms with van der Waals surface area (Å²) in [6, 6.07) is 14.3. The summed E-state index contributed by atoms with van der Waals surface area (Å²) in [5.41, 5.74) is 2.20. The molecule has 2 aromatic carbocycles. The summed E-state index contributed by atoms with van der Waals surface area (Å²) in [6.07, 6.45) is 0. The Morgan fingerprint density at radius 1 is 1.19 bits per heavy atom. The van der Waals surface area contributed by atoms with Crippen LogP contribution in [0.2, 0.25) is 0 Å². The summed E-state index contributed by atoms with van der Waals surface area (Å²) in [5.74, 6) is 0.154. The largest absolute Gasteiger partial charge is 0.441 e. The van der Waals surface area contributed by atoms with Gasteiger partial charge in [0.25, 0.3) is 5.91 Å². The normalized spacial score (nSPS) is 10.6. The lowest BCUT2D eigenvalue weighted by Crippen LogP contribution is -2.24. The fourth-order valence-corrected chi connectivity index (χ4v) is 2.60. The molecule has 0 atom stereocenters. The van der Waals surface area contributed by atoms with E-state index < -0.39 is 0 Å². The highest BCUT2D eigenvalue weighted by Gasteiger charge is 2.18. The van der Waals surface area contributed by atoms with Gasteiger partial charge in [0.05, 0.1) is 5.69 Å². The molecule has 26 heavy (non-hydrogen) atoms. The second-order valence-corrected chi connectivity index (χ2v) is 6.15. The van der Waals surface area contributed by atoms with E-state index in [0.29, 0.717) is 22.9 Å². The molecule has 0 fully saturated rings. The van der Waals surface area contributed by atoms with Gasteiger partial charge in [-0.1, -0.05) is 24.3 Å². The quantitative estimate of drug-likeness (QED) is 0.758. The van der Waals surface area contributed by atoms with Crippen LogP contribution in [0.5, 0.6) is 0 Å². The molecule has 3 aromatic rings. The number of aryl methyl sites for hydroxylation is 1. The zero-order valence-electron chi connectivity index (χ0n) is 14.9. The van der Waals surface area contributed by atoms with Crippen molar-refractivity contribution in [3.63, 3.8) is 0 Å². The van der Waals surface area contributed by atoms with Crippen LogP contribution >= 0.6 is 0 Å². The number of aromatic nitrogens is 1. The standard InChI is InChI=1S/C20H20FN3O2/c1-13-18(23-20(26-13)15-7-5-4-6-8-15)19(25)22-12-14-9-10-17(24(2)3)16(21)11-14/h4-11H,12H2,1-3H3,(H,22,25). The Labute approximate surface area is 151 Å². The zero-order valence-corrected chi connectivity index (χ0v) is 14.9. The highest BCUT2D eigenvalue weighted by molar-refractivity contribution is 5.93. The van der Waals surface area contributed by atoms with Crippen LogP contribution in [0.15, 0.2) is 52.9 Å². The minimum atomic E-state index is -0.356. The van der Waals surface area contributed by atoms with Crippen LogP contribution in [-0.2, 0) is 6.54 Å². The van der Waals surface area contributed by atoms with E-state index in [9.17, 15) is 9.18 Å². The number of benzene rings is 2. The van der Waals surface area contributed by atoms with Gasteiger partial charge < -0.3 is 14.6 Å². The number of hydrogen-bond donors (Lipinski definition) is 1. The van der Waals surface area contributed by atoms with Crippen molar-refractivity contribution < 1.29 is 13.6 Å². The zero-order chi connectivity index (χ0) is 18.7. The molecule has 5 nitrogen and oxygen atoms in total. The molecule has 0 radical (unpaired) electrons. The molecule has 1 N–H and O–H groups in total. The molecule has 0 saturated carbocycles. The Bertz CT molecular complexity index is 920. The second-order valence-electron chi connectivity index (χ2n) is 6.15. The van der Waals surface area contributed by atoms with Crippen LogP contribution in [0.1, 0.15) is 21.8 Å². The van der Waals surface area contributed by atoms with E-state index in [0.717, 1.165) is 5.56 Å². The van der Waals surface area contributed by atoms with E-state index in [2.05, 4.69) is 10.3 Å². The Morgan fingerprint density at radius 3 is 2.58 bits per heavy atom. The van der Waals surface area contributed by atoms with Crippen molar-refractivity contribution >= 4 is 11.6 Å². The van der Waals surface area contributed by atoms with Crippen molar-refractivity contribution in [1.82, 2.24) is 10.3 Å². The van der Waals surface area contributed by atoms with E-state index in [1.54, 1.807) is 38.1 Å². The van der Waals surface area contributed by atoms with E-state index in [1.165, 1.54) is 6.07 Å². The van der Waals surface area contributed by atoms with Gasteiger partial charge in [-0.15, -0.1) is 0 Å². The molecule has 0 saturated heterocycles. The first kappa shape index (κ1) is 17.7. The lowest BCUT2D eigenvalue weighted by Gasteiger charge is -2.14. The minimum absolute atomic E-state index is 0.205. The molecule has 6 heteroatoms. The number of nitrogens with one attached hydrogen (secondary N) is 1. The van der Waals surface area contributed by atoms with E-state index in [4.69, 9.17) is 4.42 Å². The third-order valence-electron chi connectivity index (χ3n) is 3.98. The van der Waals surface area contributed by atoms with Gasteiger partial charge in [0.1, 0.15) is 11.6 Å². The summed E-state index contributed by atoms with van der Waals surface area (Å²) in [7, 11) is 3.55. The summed E-state index contributed by atoms with van der Waals surface area (Å²) in [6.45, 7) is 1.90. The van der Waals surface area contributed by atoms with Crippen LogP contribution in [0, 0.1) is 12.7 Å². The van der Waals surface area contributed by atoms with Gasteiger partial charge in [0.15, 0.2) is 5.69 Å². The predicted octanol–water partition coefficient (Wildman–Crippen LogP) is 3.79. The molecule has 0 unspecified atom stereocenters. The number of rotatable bonds is 5. The number of amides is 1. The number of carbonyl (C=O) groups excluding carboxylic acids is 1. The molecule has 0 aliphatic carbocycles. The van der Waals surface area contributed by atoms with Gasteiger partial charge in [0.2, 0.25) is 5.89 Å². The van der Waals surface area contributed by atoms with Gasteiger partial charge in [-0.25, -0.2) is 9.37 Å². The molecule has 0 bridgehead atoms. The molecule has 1 aromatic heterocycles. The molecule has 3 rings (SSSR count). The smallest absolute Gasteiger partial charge is 0.273 e. The van der Waals surface area contributed by atoms with Gasteiger partial charge >= 0.3 is 0 Å². The Morgan fingerprint density at radius 2 is 1.92 bits per heavy atom. The first-order valence-corrected chi connectivity index (χ1v) is 8.22. The maximum atomic E-state index is 14.0. The molecular formula is C20H20FN3O2. The number of anilines is 1. The monoisotopic (exact) mass is 353 g/mol. The summed E-state index contributed by atoms with van der Waals surface area (Å²) in [4.78, 5) is 18.4. The molecule has 0 spiro atoms. The Kier molecular flexibility index (Phi) is 5.02. The summed E-state index contributed by atoms with van der Waals surface area (Å²) < 4.78 is 19.6. The van der Waals surface area contributed by atoms with Crippen LogP contribution in [-0.4, -0.2) is 25.0 Å². The van der Waals surface area contributed by atoms with Crippen molar-refractivity contribution in [1.29, 1.82) is 0 Å². The number of carbonyl (C=O) groups is 1. The number of hydrogen-bond acceptors (Lipinski definition) is 4. The fourth-order valence-electron chi connectivity index (χ4n) is 2.60. The van der Waals surface area contributed by atoms with Crippen LogP contribution in [0.25, 0.3) is 11.5 Å². The number of nitrogens with zero attached hydrogens (tertiary/aromatic N) is 2. The van der Waals surface area contributed by atoms with Gasteiger partial charge in [0, 0.05) is 26.2 Å². The third-order valence-corrected chi connectivity index (χ3v) is 3.98. The average molecular weight is 353 g/mol.